The molecule has 112 valence electrons. The maximum Gasteiger partial charge on any atom is 0.240 e. The number of sulfonamides is 1. The van der Waals surface area contributed by atoms with E-state index < -0.39 is 10.0 Å². The second kappa shape index (κ2) is 6.56. The van der Waals surface area contributed by atoms with E-state index in [0.29, 0.717) is 12.4 Å². The number of hydrogen-bond acceptors (Lipinski definition) is 4. The minimum atomic E-state index is -3.46. The average Bonchev–Trinajstić information content (AvgIpc) is 2.42. The zero-order valence-electron chi connectivity index (χ0n) is 11.7. The van der Waals surface area contributed by atoms with Gasteiger partial charge in [0.1, 0.15) is 5.75 Å². The first-order chi connectivity index (χ1) is 9.51. The van der Waals surface area contributed by atoms with Gasteiger partial charge in [-0.05, 0) is 56.9 Å². The molecule has 1 saturated carbocycles. The van der Waals surface area contributed by atoms with Gasteiger partial charge in [0.05, 0.1) is 11.5 Å². The van der Waals surface area contributed by atoms with E-state index in [1.165, 1.54) is 0 Å². The van der Waals surface area contributed by atoms with Crippen LogP contribution in [0.4, 0.5) is 0 Å². The SMILES string of the molecule is CCOc1ccc(S(=O)(=O)NC2CCC(N)CC2)cc1. The summed E-state index contributed by atoms with van der Waals surface area (Å²) in [6, 6.07) is 6.70. The van der Waals surface area contributed by atoms with Crippen molar-refractivity contribution in [2.24, 2.45) is 5.73 Å². The fourth-order valence-corrected chi connectivity index (χ4v) is 3.71. The number of nitrogens with two attached hydrogens (primary N) is 1. The highest BCUT2D eigenvalue weighted by Crippen LogP contribution is 2.21. The molecule has 0 radical (unpaired) electrons. The maximum absolute atomic E-state index is 12.3. The number of hydrogen-bond donors (Lipinski definition) is 2. The quantitative estimate of drug-likeness (QED) is 0.865. The number of rotatable bonds is 5. The van der Waals surface area contributed by atoms with Crippen LogP contribution in [0.2, 0.25) is 0 Å². The number of ether oxygens (including phenoxy) is 1. The third-order valence-electron chi connectivity index (χ3n) is 3.54. The molecular weight excluding hydrogens is 276 g/mol. The van der Waals surface area contributed by atoms with Gasteiger partial charge >= 0.3 is 0 Å². The van der Waals surface area contributed by atoms with E-state index in [4.69, 9.17) is 10.5 Å². The molecule has 0 aromatic heterocycles. The van der Waals surface area contributed by atoms with Gasteiger partial charge in [0.25, 0.3) is 0 Å². The standard InChI is InChI=1S/C14H22N2O3S/c1-2-19-13-7-9-14(10-8-13)20(17,18)16-12-5-3-11(15)4-6-12/h7-12,16H,2-6,15H2,1H3. The second-order valence-corrected chi connectivity index (χ2v) is 6.85. The Morgan fingerprint density at radius 3 is 2.35 bits per heavy atom. The van der Waals surface area contributed by atoms with Crippen LogP contribution in [0, 0.1) is 0 Å². The fraction of sp³-hybridized carbons (Fsp3) is 0.571. The van der Waals surface area contributed by atoms with Crippen molar-refractivity contribution in [1.82, 2.24) is 4.72 Å². The van der Waals surface area contributed by atoms with Gasteiger partial charge in [0, 0.05) is 12.1 Å². The molecule has 1 aromatic rings. The largest absolute Gasteiger partial charge is 0.494 e. The normalized spacial score (nSPS) is 23.5. The highest BCUT2D eigenvalue weighted by atomic mass is 32.2. The smallest absolute Gasteiger partial charge is 0.240 e. The molecule has 0 amide bonds. The molecule has 1 aliphatic carbocycles. The van der Waals surface area contributed by atoms with E-state index in [9.17, 15) is 8.42 Å². The van der Waals surface area contributed by atoms with Gasteiger partial charge in [-0.3, -0.25) is 0 Å². The lowest BCUT2D eigenvalue weighted by Gasteiger charge is -2.26. The average molecular weight is 298 g/mol. The van der Waals surface area contributed by atoms with E-state index in [2.05, 4.69) is 4.72 Å². The molecule has 0 saturated heterocycles. The molecule has 1 aromatic carbocycles. The Hall–Kier alpha value is -1.11. The van der Waals surface area contributed by atoms with Gasteiger partial charge in [-0.15, -0.1) is 0 Å². The Morgan fingerprint density at radius 1 is 1.20 bits per heavy atom. The predicted octanol–water partition coefficient (Wildman–Crippen LogP) is 1.63. The molecule has 0 heterocycles. The third kappa shape index (κ3) is 3.94. The molecule has 1 aliphatic rings. The van der Waals surface area contributed by atoms with E-state index in [0.717, 1.165) is 25.7 Å². The molecular formula is C14H22N2O3S. The summed E-state index contributed by atoms with van der Waals surface area (Å²) in [5.41, 5.74) is 5.83. The van der Waals surface area contributed by atoms with Crippen molar-refractivity contribution in [1.29, 1.82) is 0 Å². The summed E-state index contributed by atoms with van der Waals surface area (Å²) in [6.45, 7) is 2.45. The zero-order chi connectivity index (χ0) is 14.6. The molecule has 1 fully saturated rings. The topological polar surface area (TPSA) is 81.4 Å². The van der Waals surface area contributed by atoms with Crippen LogP contribution < -0.4 is 15.2 Å². The highest BCUT2D eigenvalue weighted by molar-refractivity contribution is 7.89. The summed E-state index contributed by atoms with van der Waals surface area (Å²) in [6.07, 6.45) is 3.35. The Bertz CT molecular complexity index is 520. The minimum Gasteiger partial charge on any atom is -0.494 e. The summed E-state index contributed by atoms with van der Waals surface area (Å²) < 4.78 is 32.6. The Labute approximate surface area is 120 Å². The third-order valence-corrected chi connectivity index (χ3v) is 5.08. The van der Waals surface area contributed by atoms with Crippen LogP contribution in [0.1, 0.15) is 32.6 Å². The Kier molecular flexibility index (Phi) is 5.01. The molecule has 2 rings (SSSR count). The van der Waals surface area contributed by atoms with E-state index in [1.54, 1.807) is 24.3 Å². The first kappa shape index (κ1) is 15.3. The van der Waals surface area contributed by atoms with Gasteiger partial charge < -0.3 is 10.5 Å². The number of nitrogens with one attached hydrogen (secondary N) is 1. The van der Waals surface area contributed by atoms with Crippen LogP contribution in [-0.2, 0) is 10.0 Å². The van der Waals surface area contributed by atoms with Crippen LogP contribution in [0.5, 0.6) is 5.75 Å². The molecule has 6 heteroatoms. The zero-order valence-corrected chi connectivity index (χ0v) is 12.5. The second-order valence-electron chi connectivity index (χ2n) is 5.14. The van der Waals surface area contributed by atoms with E-state index >= 15 is 0 Å². The van der Waals surface area contributed by atoms with Crippen molar-refractivity contribution < 1.29 is 13.2 Å². The number of benzene rings is 1. The lowest BCUT2D eigenvalue weighted by molar-refractivity contribution is 0.340. The van der Waals surface area contributed by atoms with Crippen molar-refractivity contribution in [2.75, 3.05) is 6.61 Å². The molecule has 0 bridgehead atoms. The van der Waals surface area contributed by atoms with Crippen molar-refractivity contribution >= 4 is 10.0 Å². The van der Waals surface area contributed by atoms with Gasteiger partial charge in [-0.2, -0.15) is 0 Å². The summed E-state index contributed by atoms with van der Waals surface area (Å²) >= 11 is 0. The van der Waals surface area contributed by atoms with Gasteiger partial charge in [-0.1, -0.05) is 0 Å². The minimum absolute atomic E-state index is 0.00799. The van der Waals surface area contributed by atoms with Crippen LogP contribution in [0.25, 0.3) is 0 Å². The highest BCUT2D eigenvalue weighted by Gasteiger charge is 2.24. The Balaban J connectivity index is 2.02. The molecule has 20 heavy (non-hydrogen) atoms. The molecule has 0 aliphatic heterocycles. The predicted molar refractivity (Wildman–Crippen MR) is 78.2 cm³/mol. The van der Waals surface area contributed by atoms with Gasteiger partial charge in [0.2, 0.25) is 10.0 Å². The van der Waals surface area contributed by atoms with Crippen LogP contribution >= 0.6 is 0 Å². The van der Waals surface area contributed by atoms with E-state index in [1.807, 2.05) is 6.92 Å². The fourth-order valence-electron chi connectivity index (χ4n) is 2.41. The lowest BCUT2D eigenvalue weighted by Crippen LogP contribution is -2.40. The van der Waals surface area contributed by atoms with Gasteiger partial charge in [-0.25, -0.2) is 13.1 Å². The lowest BCUT2D eigenvalue weighted by atomic mass is 9.93. The summed E-state index contributed by atoms with van der Waals surface area (Å²) in [5.74, 6) is 0.676. The summed E-state index contributed by atoms with van der Waals surface area (Å²) in [5, 5.41) is 0. The first-order valence-electron chi connectivity index (χ1n) is 7.02. The molecule has 5 nitrogen and oxygen atoms in total. The summed E-state index contributed by atoms with van der Waals surface area (Å²) in [4.78, 5) is 0.274. The molecule has 0 unspecified atom stereocenters. The Morgan fingerprint density at radius 2 is 1.80 bits per heavy atom. The van der Waals surface area contributed by atoms with Crippen LogP contribution in [0.3, 0.4) is 0 Å². The van der Waals surface area contributed by atoms with Crippen molar-refractivity contribution in [2.45, 2.75) is 49.6 Å². The van der Waals surface area contributed by atoms with Crippen LogP contribution in [-0.4, -0.2) is 27.1 Å². The van der Waals surface area contributed by atoms with Crippen molar-refractivity contribution in [3.63, 3.8) is 0 Å². The first-order valence-corrected chi connectivity index (χ1v) is 8.50. The maximum atomic E-state index is 12.3. The van der Waals surface area contributed by atoms with Crippen molar-refractivity contribution in [3.05, 3.63) is 24.3 Å². The molecule has 0 atom stereocenters. The van der Waals surface area contributed by atoms with Crippen LogP contribution in [0.15, 0.2) is 29.2 Å². The van der Waals surface area contributed by atoms with E-state index in [-0.39, 0.29) is 17.0 Å². The monoisotopic (exact) mass is 298 g/mol. The summed E-state index contributed by atoms with van der Waals surface area (Å²) in [7, 11) is -3.46. The molecule has 0 spiro atoms. The van der Waals surface area contributed by atoms with Gasteiger partial charge in [0.15, 0.2) is 0 Å². The van der Waals surface area contributed by atoms with Crippen molar-refractivity contribution in [3.8, 4) is 5.75 Å². The molecule has 3 N–H and O–H groups in total.